The third kappa shape index (κ3) is 4.56. The summed E-state index contributed by atoms with van der Waals surface area (Å²) in [7, 11) is 0. The molecule has 0 spiro atoms. The Hall–Kier alpha value is -2.55. The molecule has 4 rings (SSSR count). The number of carbonyl (C=O) groups excluding carboxylic acids is 4. The van der Waals surface area contributed by atoms with Gasteiger partial charge in [-0.05, 0) is 50.7 Å². The minimum Gasteiger partial charge on any atom is -0.352 e. The maximum atomic E-state index is 12.8. The van der Waals surface area contributed by atoms with Crippen molar-refractivity contribution < 1.29 is 19.2 Å². The quantitative estimate of drug-likeness (QED) is 0.511. The number of carbonyl (C=O) groups is 4. The SMILES string of the molecule is CC1(C)NC(=O)N(CC(=O)N2C[C@H]3CC[C@@H](C2)C3NC(=O)CSc2ccccc2)C1=O. The summed E-state index contributed by atoms with van der Waals surface area (Å²) < 4.78 is 0. The molecule has 1 aromatic carbocycles. The Morgan fingerprint density at radius 1 is 1.13 bits per heavy atom. The smallest absolute Gasteiger partial charge is 0.325 e. The van der Waals surface area contributed by atoms with Crippen molar-refractivity contribution in [2.45, 2.75) is 43.2 Å². The number of piperidine rings is 1. The molecule has 3 atom stereocenters. The molecule has 2 heterocycles. The minimum absolute atomic E-state index is 0.0112. The molecule has 166 valence electrons. The number of benzene rings is 1. The number of imide groups is 1. The molecule has 5 amide bonds. The Kier molecular flexibility index (Phi) is 5.96. The highest BCUT2D eigenvalue weighted by molar-refractivity contribution is 8.00. The minimum atomic E-state index is -0.981. The topological polar surface area (TPSA) is 98.8 Å². The fourth-order valence-electron chi connectivity index (χ4n) is 4.75. The maximum Gasteiger partial charge on any atom is 0.325 e. The van der Waals surface area contributed by atoms with Gasteiger partial charge in [-0.3, -0.25) is 19.3 Å². The van der Waals surface area contributed by atoms with Crippen molar-refractivity contribution in [3.05, 3.63) is 30.3 Å². The normalized spacial score (nSPS) is 26.7. The predicted octanol–water partition coefficient (Wildman–Crippen LogP) is 1.46. The molecule has 3 fully saturated rings. The number of fused-ring (bicyclic) bond motifs is 2. The lowest BCUT2D eigenvalue weighted by atomic mass is 9.92. The standard InChI is InChI=1S/C22H28N4O4S/c1-22(2)20(29)26(21(30)24-22)12-18(28)25-10-14-8-9-15(11-25)19(14)23-17(27)13-31-16-6-4-3-5-7-16/h3-7,14-15,19H,8-13H2,1-2H3,(H,23,27)(H,24,30)/t14-,15+,19?. The van der Waals surface area contributed by atoms with Gasteiger partial charge in [0.05, 0.1) is 5.75 Å². The van der Waals surface area contributed by atoms with Gasteiger partial charge in [0.1, 0.15) is 12.1 Å². The summed E-state index contributed by atoms with van der Waals surface area (Å²) in [6.45, 7) is 4.10. The van der Waals surface area contributed by atoms with Gasteiger partial charge in [0.2, 0.25) is 11.8 Å². The van der Waals surface area contributed by atoms with E-state index in [1.165, 1.54) is 11.8 Å². The van der Waals surface area contributed by atoms with Crippen LogP contribution in [0, 0.1) is 11.8 Å². The average molecular weight is 445 g/mol. The van der Waals surface area contributed by atoms with Crippen LogP contribution < -0.4 is 10.6 Å². The Morgan fingerprint density at radius 2 is 1.77 bits per heavy atom. The van der Waals surface area contributed by atoms with Crippen molar-refractivity contribution in [2.75, 3.05) is 25.4 Å². The number of hydrogen-bond acceptors (Lipinski definition) is 5. The van der Waals surface area contributed by atoms with Gasteiger partial charge >= 0.3 is 6.03 Å². The molecule has 1 aromatic rings. The highest BCUT2D eigenvalue weighted by Crippen LogP contribution is 2.37. The van der Waals surface area contributed by atoms with Gasteiger partial charge in [-0.25, -0.2) is 4.79 Å². The molecule has 9 heteroatoms. The van der Waals surface area contributed by atoms with Crippen LogP contribution in [0.5, 0.6) is 0 Å². The van der Waals surface area contributed by atoms with Crippen LogP contribution in [0.2, 0.25) is 0 Å². The Balaban J connectivity index is 1.30. The van der Waals surface area contributed by atoms with Crippen molar-refractivity contribution in [1.82, 2.24) is 20.4 Å². The lowest BCUT2D eigenvalue weighted by molar-refractivity contribution is -0.140. The van der Waals surface area contributed by atoms with Crippen LogP contribution in [0.3, 0.4) is 0 Å². The van der Waals surface area contributed by atoms with E-state index in [-0.39, 0.29) is 42.1 Å². The fourth-order valence-corrected chi connectivity index (χ4v) is 5.48. The molecule has 1 unspecified atom stereocenters. The fraction of sp³-hybridized carbons (Fsp3) is 0.545. The first-order valence-electron chi connectivity index (χ1n) is 10.6. The molecule has 2 aliphatic heterocycles. The molecule has 2 N–H and O–H groups in total. The van der Waals surface area contributed by atoms with Crippen LogP contribution in [-0.2, 0) is 14.4 Å². The molecule has 0 radical (unpaired) electrons. The summed E-state index contributed by atoms with van der Waals surface area (Å²) in [4.78, 5) is 53.5. The van der Waals surface area contributed by atoms with Crippen molar-refractivity contribution in [2.24, 2.45) is 11.8 Å². The van der Waals surface area contributed by atoms with Crippen molar-refractivity contribution >= 4 is 35.5 Å². The number of likely N-dealkylation sites (tertiary alicyclic amines) is 1. The van der Waals surface area contributed by atoms with Gasteiger partial charge in [0.25, 0.3) is 5.91 Å². The monoisotopic (exact) mass is 444 g/mol. The van der Waals surface area contributed by atoms with Gasteiger partial charge in [-0.15, -0.1) is 11.8 Å². The summed E-state index contributed by atoms with van der Waals surface area (Å²) in [6.07, 6.45) is 1.92. The summed E-state index contributed by atoms with van der Waals surface area (Å²) >= 11 is 1.51. The zero-order valence-electron chi connectivity index (χ0n) is 17.8. The van der Waals surface area contributed by atoms with Crippen LogP contribution in [0.4, 0.5) is 4.79 Å². The van der Waals surface area contributed by atoms with E-state index in [9.17, 15) is 19.2 Å². The number of thioether (sulfide) groups is 1. The number of amides is 5. The van der Waals surface area contributed by atoms with E-state index < -0.39 is 11.6 Å². The maximum absolute atomic E-state index is 12.8. The lowest BCUT2D eigenvalue weighted by Gasteiger charge is -2.38. The number of hydrogen-bond donors (Lipinski definition) is 2. The molecule has 3 aliphatic rings. The highest BCUT2D eigenvalue weighted by atomic mass is 32.2. The van der Waals surface area contributed by atoms with E-state index in [0.717, 1.165) is 22.6 Å². The van der Waals surface area contributed by atoms with Crippen molar-refractivity contribution in [1.29, 1.82) is 0 Å². The second-order valence-electron chi connectivity index (χ2n) is 9.04. The van der Waals surface area contributed by atoms with Gasteiger partial charge < -0.3 is 15.5 Å². The van der Waals surface area contributed by atoms with Gasteiger partial charge in [-0.2, -0.15) is 0 Å². The third-order valence-corrected chi connectivity index (χ3v) is 7.38. The largest absolute Gasteiger partial charge is 0.352 e. The van der Waals surface area contributed by atoms with E-state index >= 15 is 0 Å². The Bertz CT molecular complexity index is 877. The highest BCUT2D eigenvalue weighted by Gasteiger charge is 2.47. The molecule has 2 saturated heterocycles. The Labute approximate surface area is 186 Å². The van der Waals surface area contributed by atoms with E-state index in [2.05, 4.69) is 10.6 Å². The molecular formula is C22H28N4O4S. The summed E-state index contributed by atoms with van der Waals surface area (Å²) in [5.41, 5.74) is -0.981. The van der Waals surface area contributed by atoms with Crippen LogP contribution in [0.1, 0.15) is 26.7 Å². The summed E-state index contributed by atoms with van der Waals surface area (Å²) in [5, 5.41) is 5.78. The molecule has 8 nitrogen and oxygen atoms in total. The van der Waals surface area contributed by atoms with Gasteiger partial charge in [0, 0.05) is 24.0 Å². The van der Waals surface area contributed by atoms with Crippen molar-refractivity contribution in [3.8, 4) is 0 Å². The van der Waals surface area contributed by atoms with E-state index in [1.807, 2.05) is 30.3 Å². The van der Waals surface area contributed by atoms with Crippen molar-refractivity contribution in [3.63, 3.8) is 0 Å². The van der Waals surface area contributed by atoms with Crippen LogP contribution >= 0.6 is 11.8 Å². The molecule has 0 aromatic heterocycles. The average Bonchev–Trinajstić information content (AvgIpc) is 3.07. The second kappa shape index (κ2) is 8.53. The number of urea groups is 1. The van der Waals surface area contributed by atoms with Gasteiger partial charge in [-0.1, -0.05) is 18.2 Å². The molecule has 1 saturated carbocycles. The molecule has 1 aliphatic carbocycles. The first-order valence-corrected chi connectivity index (χ1v) is 11.6. The second-order valence-corrected chi connectivity index (χ2v) is 10.1. The van der Waals surface area contributed by atoms with E-state index in [1.54, 1.807) is 18.7 Å². The zero-order chi connectivity index (χ0) is 22.2. The molecule has 31 heavy (non-hydrogen) atoms. The van der Waals surface area contributed by atoms with E-state index in [0.29, 0.717) is 18.8 Å². The predicted molar refractivity (Wildman–Crippen MR) is 116 cm³/mol. The summed E-state index contributed by atoms with van der Waals surface area (Å²) in [6, 6.07) is 9.37. The van der Waals surface area contributed by atoms with Gasteiger partial charge in [0.15, 0.2) is 0 Å². The first-order chi connectivity index (χ1) is 14.7. The zero-order valence-corrected chi connectivity index (χ0v) is 18.6. The number of rotatable bonds is 6. The Morgan fingerprint density at radius 3 is 2.35 bits per heavy atom. The lowest BCUT2D eigenvalue weighted by Crippen LogP contribution is -2.56. The third-order valence-electron chi connectivity index (χ3n) is 6.37. The van der Waals surface area contributed by atoms with Crippen LogP contribution in [0.25, 0.3) is 0 Å². The van der Waals surface area contributed by atoms with Crippen LogP contribution in [-0.4, -0.2) is 70.5 Å². The van der Waals surface area contributed by atoms with E-state index in [4.69, 9.17) is 0 Å². The number of nitrogens with zero attached hydrogens (tertiary/aromatic N) is 2. The molecule has 2 bridgehead atoms. The molecular weight excluding hydrogens is 416 g/mol. The number of nitrogens with one attached hydrogen (secondary N) is 2. The summed E-state index contributed by atoms with van der Waals surface area (Å²) in [5.74, 6) is 0.178. The van der Waals surface area contributed by atoms with Crippen LogP contribution in [0.15, 0.2) is 35.2 Å². The first kappa shape index (κ1) is 21.7.